The second kappa shape index (κ2) is 12.4. The van der Waals surface area contributed by atoms with E-state index in [1.54, 1.807) is 0 Å². The van der Waals surface area contributed by atoms with E-state index < -0.39 is 0 Å². The maximum atomic E-state index is 12.1. The number of benzene rings is 1. The van der Waals surface area contributed by atoms with E-state index in [0.29, 0.717) is 19.6 Å². The predicted molar refractivity (Wildman–Crippen MR) is 111 cm³/mol. The Morgan fingerprint density at radius 2 is 1.96 bits per heavy atom. The molecule has 1 saturated heterocycles. The lowest BCUT2D eigenvalue weighted by Crippen LogP contribution is -2.47. The SMILES string of the molecule is CCCNC(=O)CN1CCC(NC(=O)CCCCOc2cccc(C)c2)CC1. The highest BCUT2D eigenvalue weighted by Gasteiger charge is 2.21. The first-order valence-corrected chi connectivity index (χ1v) is 10.5. The summed E-state index contributed by atoms with van der Waals surface area (Å²) in [6, 6.07) is 8.24. The lowest BCUT2D eigenvalue weighted by atomic mass is 10.0. The Bertz CT molecular complexity index is 613. The largest absolute Gasteiger partial charge is 0.494 e. The molecule has 0 aromatic heterocycles. The lowest BCUT2D eigenvalue weighted by Gasteiger charge is -2.31. The van der Waals surface area contributed by atoms with Crippen LogP contribution in [-0.2, 0) is 9.59 Å². The van der Waals surface area contributed by atoms with Crippen LogP contribution in [-0.4, -0.2) is 55.5 Å². The van der Waals surface area contributed by atoms with Crippen molar-refractivity contribution in [1.82, 2.24) is 15.5 Å². The fourth-order valence-electron chi connectivity index (χ4n) is 3.34. The molecule has 1 heterocycles. The molecule has 28 heavy (non-hydrogen) atoms. The maximum absolute atomic E-state index is 12.1. The summed E-state index contributed by atoms with van der Waals surface area (Å²) in [5.41, 5.74) is 1.18. The van der Waals surface area contributed by atoms with Gasteiger partial charge in [-0.3, -0.25) is 14.5 Å². The number of hydrogen-bond acceptors (Lipinski definition) is 4. The van der Waals surface area contributed by atoms with E-state index in [0.717, 1.165) is 57.5 Å². The third-order valence-corrected chi connectivity index (χ3v) is 4.95. The van der Waals surface area contributed by atoms with Crippen LogP contribution in [0.15, 0.2) is 24.3 Å². The quantitative estimate of drug-likeness (QED) is 0.571. The zero-order valence-electron chi connectivity index (χ0n) is 17.3. The minimum absolute atomic E-state index is 0.0946. The minimum Gasteiger partial charge on any atom is -0.494 e. The van der Waals surface area contributed by atoms with E-state index in [-0.39, 0.29) is 17.9 Å². The van der Waals surface area contributed by atoms with Gasteiger partial charge in [0.15, 0.2) is 0 Å². The Labute approximate surface area is 169 Å². The van der Waals surface area contributed by atoms with Gasteiger partial charge in [0, 0.05) is 32.1 Å². The zero-order chi connectivity index (χ0) is 20.2. The standard InChI is InChI=1S/C22H35N3O3/c1-3-12-23-22(27)17-25-13-10-19(11-14-25)24-21(26)9-4-5-15-28-20-8-6-7-18(2)16-20/h6-8,16,19H,3-5,9-15,17H2,1-2H3,(H,23,27)(H,24,26). The van der Waals surface area contributed by atoms with Crippen molar-refractivity contribution in [2.45, 2.75) is 58.4 Å². The molecule has 1 fully saturated rings. The monoisotopic (exact) mass is 389 g/mol. The van der Waals surface area contributed by atoms with Crippen molar-refractivity contribution in [2.75, 3.05) is 32.8 Å². The summed E-state index contributed by atoms with van der Waals surface area (Å²) in [6.07, 6.45) is 5.00. The van der Waals surface area contributed by atoms with Gasteiger partial charge in [-0.25, -0.2) is 0 Å². The molecule has 6 heteroatoms. The van der Waals surface area contributed by atoms with Gasteiger partial charge in [-0.1, -0.05) is 19.1 Å². The molecule has 2 amide bonds. The Balaban J connectivity index is 1.52. The Hall–Kier alpha value is -2.08. The lowest BCUT2D eigenvalue weighted by molar-refractivity contribution is -0.124. The van der Waals surface area contributed by atoms with Crippen LogP contribution in [0.4, 0.5) is 0 Å². The summed E-state index contributed by atoms with van der Waals surface area (Å²) in [5, 5.41) is 6.05. The number of rotatable bonds is 11. The van der Waals surface area contributed by atoms with Crippen molar-refractivity contribution < 1.29 is 14.3 Å². The number of nitrogens with one attached hydrogen (secondary N) is 2. The van der Waals surface area contributed by atoms with Crippen LogP contribution in [0.1, 0.15) is 51.0 Å². The Morgan fingerprint density at radius 3 is 2.68 bits per heavy atom. The van der Waals surface area contributed by atoms with Crippen LogP contribution in [0.3, 0.4) is 0 Å². The molecule has 0 spiro atoms. The number of nitrogens with zero attached hydrogens (tertiary/aromatic N) is 1. The number of hydrogen-bond donors (Lipinski definition) is 2. The van der Waals surface area contributed by atoms with Crippen molar-refractivity contribution >= 4 is 11.8 Å². The van der Waals surface area contributed by atoms with Crippen LogP contribution in [0.2, 0.25) is 0 Å². The van der Waals surface area contributed by atoms with E-state index in [2.05, 4.69) is 15.5 Å². The normalized spacial score (nSPS) is 15.2. The maximum Gasteiger partial charge on any atom is 0.234 e. The molecule has 6 nitrogen and oxygen atoms in total. The molecule has 0 saturated carbocycles. The highest BCUT2D eigenvalue weighted by atomic mass is 16.5. The summed E-state index contributed by atoms with van der Waals surface area (Å²) >= 11 is 0. The molecule has 0 atom stereocenters. The third-order valence-electron chi connectivity index (χ3n) is 4.95. The van der Waals surface area contributed by atoms with Crippen LogP contribution in [0, 0.1) is 6.92 Å². The molecule has 1 aliphatic rings. The number of carbonyl (C=O) groups is 2. The zero-order valence-corrected chi connectivity index (χ0v) is 17.3. The second-order valence-electron chi connectivity index (χ2n) is 7.59. The predicted octanol–water partition coefficient (Wildman–Crippen LogP) is 2.65. The van der Waals surface area contributed by atoms with E-state index in [4.69, 9.17) is 4.74 Å². The molecule has 2 rings (SSSR count). The molecule has 0 aliphatic carbocycles. The fourth-order valence-corrected chi connectivity index (χ4v) is 3.34. The summed E-state index contributed by atoms with van der Waals surface area (Å²) in [5.74, 6) is 1.10. The highest BCUT2D eigenvalue weighted by molar-refractivity contribution is 5.78. The van der Waals surface area contributed by atoms with Gasteiger partial charge in [-0.2, -0.15) is 0 Å². The van der Waals surface area contributed by atoms with Crippen molar-refractivity contribution in [3.05, 3.63) is 29.8 Å². The van der Waals surface area contributed by atoms with Gasteiger partial charge >= 0.3 is 0 Å². The first-order valence-electron chi connectivity index (χ1n) is 10.5. The number of unbranched alkanes of at least 4 members (excludes halogenated alkanes) is 1. The molecule has 156 valence electrons. The van der Waals surface area contributed by atoms with Crippen molar-refractivity contribution in [1.29, 1.82) is 0 Å². The summed E-state index contributed by atoms with van der Waals surface area (Å²) in [4.78, 5) is 26.1. The minimum atomic E-state index is 0.0946. The molecular weight excluding hydrogens is 354 g/mol. The van der Waals surface area contributed by atoms with E-state index in [1.165, 1.54) is 5.56 Å². The van der Waals surface area contributed by atoms with Crippen LogP contribution in [0.25, 0.3) is 0 Å². The molecule has 0 bridgehead atoms. The third kappa shape index (κ3) is 8.74. The van der Waals surface area contributed by atoms with Gasteiger partial charge in [0.05, 0.1) is 13.2 Å². The first kappa shape index (κ1) is 22.2. The van der Waals surface area contributed by atoms with Gasteiger partial charge in [0.1, 0.15) is 5.75 Å². The van der Waals surface area contributed by atoms with Gasteiger partial charge in [0.2, 0.25) is 11.8 Å². The smallest absolute Gasteiger partial charge is 0.234 e. The molecule has 1 aromatic carbocycles. The molecule has 0 unspecified atom stereocenters. The van der Waals surface area contributed by atoms with Crippen LogP contribution < -0.4 is 15.4 Å². The average Bonchev–Trinajstić information content (AvgIpc) is 2.68. The Morgan fingerprint density at radius 1 is 1.18 bits per heavy atom. The van der Waals surface area contributed by atoms with Gasteiger partial charge in [-0.05, 0) is 56.7 Å². The van der Waals surface area contributed by atoms with Crippen molar-refractivity contribution in [2.24, 2.45) is 0 Å². The number of piperidine rings is 1. The number of carbonyl (C=O) groups excluding carboxylic acids is 2. The van der Waals surface area contributed by atoms with Gasteiger partial charge in [-0.15, -0.1) is 0 Å². The number of aryl methyl sites for hydroxylation is 1. The Kier molecular flexibility index (Phi) is 9.83. The first-order chi connectivity index (χ1) is 13.6. The summed E-state index contributed by atoms with van der Waals surface area (Å²) < 4.78 is 5.72. The van der Waals surface area contributed by atoms with Gasteiger partial charge in [0.25, 0.3) is 0 Å². The van der Waals surface area contributed by atoms with E-state index in [9.17, 15) is 9.59 Å². The van der Waals surface area contributed by atoms with Crippen LogP contribution in [0.5, 0.6) is 5.75 Å². The van der Waals surface area contributed by atoms with Crippen molar-refractivity contribution in [3.8, 4) is 5.75 Å². The molecule has 0 radical (unpaired) electrons. The number of amides is 2. The van der Waals surface area contributed by atoms with E-state index in [1.807, 2.05) is 38.1 Å². The average molecular weight is 390 g/mol. The highest BCUT2D eigenvalue weighted by Crippen LogP contribution is 2.13. The van der Waals surface area contributed by atoms with Crippen LogP contribution >= 0.6 is 0 Å². The second-order valence-corrected chi connectivity index (χ2v) is 7.59. The number of ether oxygens (including phenoxy) is 1. The van der Waals surface area contributed by atoms with Gasteiger partial charge < -0.3 is 15.4 Å². The topological polar surface area (TPSA) is 70.7 Å². The van der Waals surface area contributed by atoms with Crippen molar-refractivity contribution in [3.63, 3.8) is 0 Å². The fraction of sp³-hybridized carbons (Fsp3) is 0.636. The number of likely N-dealkylation sites (tertiary alicyclic amines) is 1. The molecule has 2 N–H and O–H groups in total. The van der Waals surface area contributed by atoms with E-state index >= 15 is 0 Å². The summed E-state index contributed by atoms with van der Waals surface area (Å²) in [6.45, 7) is 7.64. The molecule has 1 aliphatic heterocycles. The molecule has 1 aromatic rings. The molecular formula is C22H35N3O3. The summed E-state index contributed by atoms with van der Waals surface area (Å²) in [7, 11) is 0.